The van der Waals surface area contributed by atoms with Gasteiger partial charge in [-0.1, -0.05) is 11.6 Å². The zero-order chi connectivity index (χ0) is 10.7. The van der Waals surface area contributed by atoms with E-state index in [1.807, 2.05) is 17.8 Å². The van der Waals surface area contributed by atoms with Gasteiger partial charge in [-0.3, -0.25) is 0 Å². The van der Waals surface area contributed by atoms with Crippen molar-refractivity contribution >= 4 is 23.4 Å². The molecule has 1 atom stereocenters. The molecule has 82 valence electrons. The lowest BCUT2D eigenvalue weighted by Gasteiger charge is -2.22. The molecule has 0 amide bonds. The minimum Gasteiger partial charge on any atom is -0.305 e. The summed E-state index contributed by atoms with van der Waals surface area (Å²) in [5, 5.41) is 4.97. The summed E-state index contributed by atoms with van der Waals surface area (Å²) in [6.45, 7) is 3.21. The zero-order valence-electron chi connectivity index (χ0n) is 8.92. The Morgan fingerprint density at radius 1 is 1.40 bits per heavy atom. The predicted molar refractivity (Wildman–Crippen MR) is 67.7 cm³/mol. The summed E-state index contributed by atoms with van der Waals surface area (Å²) >= 11 is 7.92. The van der Waals surface area contributed by atoms with Gasteiger partial charge in [-0.25, -0.2) is 0 Å². The normalized spacial score (nSPS) is 21.6. The highest BCUT2D eigenvalue weighted by Crippen LogP contribution is 2.29. The van der Waals surface area contributed by atoms with E-state index in [2.05, 4.69) is 24.4 Å². The molecule has 0 aliphatic carbocycles. The van der Waals surface area contributed by atoms with Crippen molar-refractivity contribution < 1.29 is 0 Å². The number of halogens is 1. The van der Waals surface area contributed by atoms with Gasteiger partial charge in [-0.2, -0.15) is 0 Å². The molecule has 1 aliphatic heterocycles. The van der Waals surface area contributed by atoms with Crippen molar-refractivity contribution in [2.45, 2.75) is 36.5 Å². The van der Waals surface area contributed by atoms with Crippen LogP contribution in [0.3, 0.4) is 0 Å². The summed E-state index contributed by atoms with van der Waals surface area (Å²) in [6, 6.07) is 6.27. The Bertz CT molecular complexity index is 334. The molecule has 3 heteroatoms. The number of piperidine rings is 1. The molecule has 0 saturated carbocycles. The third-order valence-electron chi connectivity index (χ3n) is 2.67. The number of nitrogens with one attached hydrogen (secondary N) is 1. The molecule has 1 unspecified atom stereocenters. The van der Waals surface area contributed by atoms with Crippen molar-refractivity contribution in [3.8, 4) is 0 Å². The highest BCUT2D eigenvalue weighted by Gasteiger charge is 2.13. The third-order valence-corrected chi connectivity index (χ3v) is 4.31. The van der Waals surface area contributed by atoms with Crippen LogP contribution in [-0.4, -0.2) is 11.9 Å². The first-order valence-corrected chi connectivity index (χ1v) is 6.67. The van der Waals surface area contributed by atoms with E-state index in [4.69, 9.17) is 11.6 Å². The largest absolute Gasteiger partial charge is 0.305 e. The summed E-state index contributed by atoms with van der Waals surface area (Å²) in [7, 11) is 0. The Morgan fingerprint density at radius 2 is 2.27 bits per heavy atom. The summed E-state index contributed by atoms with van der Waals surface area (Å²) in [6.07, 6.45) is 3.93. The van der Waals surface area contributed by atoms with Gasteiger partial charge in [0.2, 0.25) is 0 Å². The fourth-order valence-corrected chi connectivity index (χ4v) is 3.10. The van der Waals surface area contributed by atoms with E-state index in [0.29, 0.717) is 5.37 Å². The van der Waals surface area contributed by atoms with Gasteiger partial charge in [0.05, 0.1) is 5.37 Å². The number of benzene rings is 1. The monoisotopic (exact) mass is 241 g/mol. The number of aryl methyl sites for hydroxylation is 1. The highest BCUT2D eigenvalue weighted by molar-refractivity contribution is 7.99. The van der Waals surface area contributed by atoms with E-state index in [1.165, 1.54) is 24.2 Å². The summed E-state index contributed by atoms with van der Waals surface area (Å²) in [5.41, 5.74) is 1.16. The zero-order valence-corrected chi connectivity index (χ0v) is 10.5. The Balaban J connectivity index is 2.00. The summed E-state index contributed by atoms with van der Waals surface area (Å²) in [4.78, 5) is 1.32. The van der Waals surface area contributed by atoms with Gasteiger partial charge < -0.3 is 5.32 Å². The molecular weight excluding hydrogens is 226 g/mol. The lowest BCUT2D eigenvalue weighted by atomic mass is 10.2. The molecule has 1 heterocycles. The van der Waals surface area contributed by atoms with Crippen LogP contribution >= 0.6 is 23.4 Å². The van der Waals surface area contributed by atoms with E-state index >= 15 is 0 Å². The van der Waals surface area contributed by atoms with Gasteiger partial charge in [0.15, 0.2) is 0 Å². The minimum absolute atomic E-state index is 0.583. The molecule has 0 radical (unpaired) electrons. The second-order valence-corrected chi connectivity index (χ2v) is 5.65. The molecule has 1 aromatic rings. The number of hydrogen-bond acceptors (Lipinski definition) is 2. The van der Waals surface area contributed by atoms with Crippen LogP contribution in [0.25, 0.3) is 0 Å². The van der Waals surface area contributed by atoms with E-state index in [1.54, 1.807) is 0 Å². The molecular formula is C12H16ClNS. The van der Waals surface area contributed by atoms with Crippen LogP contribution in [0, 0.1) is 6.92 Å². The number of rotatable bonds is 2. The number of thioether (sulfide) groups is 1. The third kappa shape index (κ3) is 3.13. The quantitative estimate of drug-likeness (QED) is 0.845. The van der Waals surface area contributed by atoms with E-state index in [0.717, 1.165) is 17.1 Å². The predicted octanol–water partition coefficient (Wildman–Crippen LogP) is 3.84. The standard InChI is InChI=1S/C12H16ClNS/c1-9-8-10(5-6-11(9)13)15-12-4-2-3-7-14-12/h5-6,8,12,14H,2-4,7H2,1H3. The Hall–Kier alpha value is -0.180. The maximum atomic E-state index is 6.00. The molecule has 2 rings (SSSR count). The van der Waals surface area contributed by atoms with Gasteiger partial charge in [0.1, 0.15) is 0 Å². The van der Waals surface area contributed by atoms with Crippen molar-refractivity contribution in [3.05, 3.63) is 28.8 Å². The molecule has 0 bridgehead atoms. The van der Waals surface area contributed by atoms with Crippen molar-refractivity contribution in [2.75, 3.05) is 6.54 Å². The number of hydrogen-bond donors (Lipinski definition) is 1. The van der Waals surface area contributed by atoms with Gasteiger partial charge in [0, 0.05) is 9.92 Å². The molecule has 1 N–H and O–H groups in total. The summed E-state index contributed by atoms with van der Waals surface area (Å²) < 4.78 is 0. The molecule has 0 spiro atoms. The van der Waals surface area contributed by atoms with Crippen molar-refractivity contribution in [2.24, 2.45) is 0 Å². The molecule has 1 fully saturated rings. The van der Waals surface area contributed by atoms with Crippen molar-refractivity contribution in [3.63, 3.8) is 0 Å². The fourth-order valence-electron chi connectivity index (χ4n) is 1.78. The first kappa shape index (κ1) is 11.3. The Morgan fingerprint density at radius 3 is 2.93 bits per heavy atom. The molecule has 15 heavy (non-hydrogen) atoms. The topological polar surface area (TPSA) is 12.0 Å². The average Bonchev–Trinajstić information content (AvgIpc) is 2.25. The average molecular weight is 242 g/mol. The fraction of sp³-hybridized carbons (Fsp3) is 0.500. The van der Waals surface area contributed by atoms with Gasteiger partial charge >= 0.3 is 0 Å². The van der Waals surface area contributed by atoms with E-state index in [-0.39, 0.29) is 0 Å². The SMILES string of the molecule is Cc1cc(SC2CCCCN2)ccc1Cl. The Labute approximate surface area is 101 Å². The van der Waals surface area contributed by atoms with E-state index < -0.39 is 0 Å². The van der Waals surface area contributed by atoms with Crippen LogP contribution in [0.1, 0.15) is 24.8 Å². The second-order valence-electron chi connectivity index (χ2n) is 3.97. The Kier molecular flexibility index (Phi) is 3.95. The molecule has 1 aliphatic rings. The molecule has 0 aromatic heterocycles. The smallest absolute Gasteiger partial charge is 0.0579 e. The van der Waals surface area contributed by atoms with Gasteiger partial charge in [-0.05, 0) is 56.5 Å². The first-order chi connectivity index (χ1) is 7.25. The first-order valence-electron chi connectivity index (χ1n) is 5.42. The molecule has 1 aromatic carbocycles. The van der Waals surface area contributed by atoms with Gasteiger partial charge in [-0.15, -0.1) is 11.8 Å². The van der Waals surface area contributed by atoms with Crippen molar-refractivity contribution in [1.82, 2.24) is 5.32 Å². The maximum absolute atomic E-state index is 6.00. The molecule has 1 saturated heterocycles. The minimum atomic E-state index is 0.583. The van der Waals surface area contributed by atoms with Crippen LogP contribution in [0.2, 0.25) is 5.02 Å². The van der Waals surface area contributed by atoms with Gasteiger partial charge in [0.25, 0.3) is 0 Å². The lowest BCUT2D eigenvalue weighted by molar-refractivity contribution is 0.491. The summed E-state index contributed by atoms with van der Waals surface area (Å²) in [5.74, 6) is 0. The van der Waals surface area contributed by atoms with Crippen LogP contribution in [0.4, 0.5) is 0 Å². The van der Waals surface area contributed by atoms with Crippen LogP contribution in [0.15, 0.2) is 23.1 Å². The maximum Gasteiger partial charge on any atom is 0.0579 e. The van der Waals surface area contributed by atoms with E-state index in [9.17, 15) is 0 Å². The highest BCUT2D eigenvalue weighted by atomic mass is 35.5. The second kappa shape index (κ2) is 5.24. The van der Waals surface area contributed by atoms with Crippen molar-refractivity contribution in [1.29, 1.82) is 0 Å². The molecule has 1 nitrogen and oxygen atoms in total. The van der Waals surface area contributed by atoms with Crippen LogP contribution in [0.5, 0.6) is 0 Å². The van der Waals surface area contributed by atoms with Crippen LogP contribution in [-0.2, 0) is 0 Å². The lowest BCUT2D eigenvalue weighted by Crippen LogP contribution is -2.30. The van der Waals surface area contributed by atoms with Crippen LogP contribution < -0.4 is 5.32 Å².